The maximum atomic E-state index is 12.7. The minimum Gasteiger partial charge on any atom is -0.507 e. The number of aromatic hydroxyl groups is 1. The van der Waals surface area contributed by atoms with Gasteiger partial charge in [-0.1, -0.05) is 0 Å². The third-order valence-corrected chi connectivity index (χ3v) is 3.65. The third kappa shape index (κ3) is 3.05. The van der Waals surface area contributed by atoms with Gasteiger partial charge in [-0.05, 0) is 42.0 Å². The van der Waals surface area contributed by atoms with Gasteiger partial charge >= 0.3 is 6.18 Å². The molecule has 0 spiro atoms. The summed E-state index contributed by atoms with van der Waals surface area (Å²) in [6, 6.07) is 7.47. The smallest absolute Gasteiger partial charge is 0.416 e. The summed E-state index contributed by atoms with van der Waals surface area (Å²) in [5.74, 6) is -0.582. The Kier molecular flexibility index (Phi) is 3.92. The van der Waals surface area contributed by atoms with Gasteiger partial charge in [0.15, 0.2) is 0 Å². The van der Waals surface area contributed by atoms with Crippen LogP contribution in [-0.4, -0.2) is 14.7 Å². The van der Waals surface area contributed by atoms with Gasteiger partial charge in [-0.2, -0.15) is 13.2 Å². The number of phenolic OH excluding ortho intramolecular Hbond substituents is 1. The Hall–Kier alpha value is -2.96. The van der Waals surface area contributed by atoms with Crippen LogP contribution < -0.4 is 5.56 Å². The minimum atomic E-state index is -4.55. The predicted molar refractivity (Wildman–Crippen MR) is 82.7 cm³/mol. The van der Waals surface area contributed by atoms with E-state index >= 15 is 0 Å². The van der Waals surface area contributed by atoms with Crippen LogP contribution >= 0.6 is 0 Å². The molecule has 0 aliphatic carbocycles. The Morgan fingerprint density at radius 1 is 1.12 bits per heavy atom. The fourth-order valence-electron chi connectivity index (χ4n) is 2.46. The van der Waals surface area contributed by atoms with Crippen LogP contribution in [0.1, 0.15) is 11.1 Å². The molecule has 7 heteroatoms. The van der Waals surface area contributed by atoms with Gasteiger partial charge in [0, 0.05) is 24.2 Å². The molecule has 0 saturated heterocycles. The molecule has 0 aliphatic rings. The van der Waals surface area contributed by atoms with Gasteiger partial charge in [0.05, 0.1) is 17.7 Å². The molecule has 4 nitrogen and oxygen atoms in total. The lowest BCUT2D eigenvalue weighted by atomic mass is 10.0. The number of pyridine rings is 1. The number of H-pyrrole nitrogens is 1. The number of hydrogen-bond donors (Lipinski definition) is 2. The molecule has 0 amide bonds. The van der Waals surface area contributed by atoms with Gasteiger partial charge in [0.2, 0.25) is 0 Å². The maximum absolute atomic E-state index is 12.7. The summed E-state index contributed by atoms with van der Waals surface area (Å²) in [6.45, 7) is 0.317. The number of benzene rings is 1. The average molecular weight is 334 g/mol. The van der Waals surface area contributed by atoms with Crippen LogP contribution in [0.4, 0.5) is 13.2 Å². The van der Waals surface area contributed by atoms with E-state index in [1.54, 1.807) is 24.7 Å². The van der Waals surface area contributed by atoms with Crippen molar-refractivity contribution in [3.63, 3.8) is 0 Å². The summed E-state index contributed by atoms with van der Waals surface area (Å²) >= 11 is 0. The Labute approximate surface area is 134 Å². The molecular formula is C17H13F3N2O2. The van der Waals surface area contributed by atoms with Crippen molar-refractivity contribution < 1.29 is 18.3 Å². The van der Waals surface area contributed by atoms with E-state index in [1.165, 1.54) is 10.6 Å². The number of phenols is 1. The molecule has 124 valence electrons. The van der Waals surface area contributed by atoms with Crippen molar-refractivity contribution in [2.75, 3.05) is 0 Å². The summed E-state index contributed by atoms with van der Waals surface area (Å²) < 4.78 is 39.5. The van der Waals surface area contributed by atoms with Crippen LogP contribution in [0.2, 0.25) is 0 Å². The van der Waals surface area contributed by atoms with Gasteiger partial charge in [-0.15, -0.1) is 0 Å². The van der Waals surface area contributed by atoms with Crippen molar-refractivity contribution in [1.29, 1.82) is 0 Å². The standard InChI is InChI=1S/C17H13F3N2O2/c18-17(19,20)12-3-4-13(15(23)8-12)14-2-1-7-22(16(14)24)10-11-5-6-21-9-11/h1-9,21,23H,10H2. The van der Waals surface area contributed by atoms with Gasteiger partial charge < -0.3 is 14.7 Å². The largest absolute Gasteiger partial charge is 0.507 e. The second-order valence-electron chi connectivity index (χ2n) is 5.30. The number of aromatic nitrogens is 2. The first kappa shape index (κ1) is 15.9. The lowest BCUT2D eigenvalue weighted by molar-refractivity contribution is -0.137. The van der Waals surface area contributed by atoms with Crippen LogP contribution in [0.25, 0.3) is 11.1 Å². The number of hydrogen-bond acceptors (Lipinski definition) is 2. The van der Waals surface area contributed by atoms with E-state index < -0.39 is 23.0 Å². The van der Waals surface area contributed by atoms with Crippen LogP contribution in [-0.2, 0) is 12.7 Å². The van der Waals surface area contributed by atoms with Crippen molar-refractivity contribution in [2.24, 2.45) is 0 Å². The fraction of sp³-hybridized carbons (Fsp3) is 0.118. The molecule has 0 unspecified atom stereocenters. The highest BCUT2D eigenvalue weighted by Gasteiger charge is 2.31. The van der Waals surface area contributed by atoms with Crippen LogP contribution in [0.3, 0.4) is 0 Å². The number of alkyl halides is 3. The zero-order valence-corrected chi connectivity index (χ0v) is 12.3. The van der Waals surface area contributed by atoms with Crippen molar-refractivity contribution in [3.05, 3.63) is 76.5 Å². The Bertz CT molecular complexity index is 912. The maximum Gasteiger partial charge on any atom is 0.416 e. The van der Waals surface area contributed by atoms with Crippen molar-refractivity contribution in [1.82, 2.24) is 9.55 Å². The number of nitrogens with one attached hydrogen (secondary N) is 1. The molecule has 2 N–H and O–H groups in total. The molecule has 0 aliphatic heterocycles. The molecule has 0 bridgehead atoms. The van der Waals surface area contributed by atoms with Gasteiger partial charge in [0.25, 0.3) is 5.56 Å². The van der Waals surface area contributed by atoms with Crippen LogP contribution in [0, 0.1) is 0 Å². The van der Waals surface area contributed by atoms with Crippen LogP contribution in [0.5, 0.6) is 5.75 Å². The molecule has 0 radical (unpaired) electrons. The number of aromatic amines is 1. The molecular weight excluding hydrogens is 321 g/mol. The molecule has 0 atom stereocenters. The lowest BCUT2D eigenvalue weighted by Crippen LogP contribution is -2.21. The number of halogens is 3. The van der Waals surface area contributed by atoms with Gasteiger partial charge in [-0.3, -0.25) is 4.79 Å². The van der Waals surface area contributed by atoms with E-state index in [2.05, 4.69) is 4.98 Å². The van der Waals surface area contributed by atoms with E-state index in [-0.39, 0.29) is 11.1 Å². The van der Waals surface area contributed by atoms with Crippen LogP contribution in [0.15, 0.2) is 59.8 Å². The summed E-state index contributed by atoms with van der Waals surface area (Å²) in [7, 11) is 0. The zero-order chi connectivity index (χ0) is 17.3. The SMILES string of the molecule is O=c1c(-c2ccc(C(F)(F)F)cc2O)cccn1Cc1cc[nH]c1. The van der Waals surface area contributed by atoms with E-state index in [0.29, 0.717) is 12.6 Å². The summed E-state index contributed by atoms with van der Waals surface area (Å²) in [6.07, 6.45) is 0.502. The average Bonchev–Trinajstić information content (AvgIpc) is 3.02. The number of rotatable bonds is 3. The normalized spacial score (nSPS) is 11.6. The fourth-order valence-corrected chi connectivity index (χ4v) is 2.46. The summed E-state index contributed by atoms with van der Waals surface area (Å²) in [4.78, 5) is 15.4. The molecule has 2 aromatic heterocycles. The van der Waals surface area contributed by atoms with Gasteiger partial charge in [-0.25, -0.2) is 0 Å². The molecule has 24 heavy (non-hydrogen) atoms. The summed E-state index contributed by atoms with van der Waals surface area (Å²) in [5, 5.41) is 9.93. The Balaban J connectivity index is 2.03. The Morgan fingerprint density at radius 3 is 2.54 bits per heavy atom. The molecule has 1 aromatic carbocycles. The van der Waals surface area contributed by atoms with E-state index in [9.17, 15) is 23.1 Å². The van der Waals surface area contributed by atoms with E-state index in [4.69, 9.17) is 0 Å². The highest BCUT2D eigenvalue weighted by molar-refractivity contribution is 5.69. The highest BCUT2D eigenvalue weighted by atomic mass is 19.4. The topological polar surface area (TPSA) is 58.0 Å². The molecule has 3 aromatic rings. The second-order valence-corrected chi connectivity index (χ2v) is 5.30. The first-order chi connectivity index (χ1) is 11.4. The minimum absolute atomic E-state index is 0.0661. The number of nitrogens with zero attached hydrogens (tertiary/aromatic N) is 1. The van der Waals surface area contributed by atoms with Crippen molar-refractivity contribution >= 4 is 0 Å². The summed E-state index contributed by atoms with van der Waals surface area (Å²) in [5.41, 5.74) is -0.275. The van der Waals surface area contributed by atoms with Crippen molar-refractivity contribution in [3.8, 4) is 16.9 Å². The van der Waals surface area contributed by atoms with E-state index in [1.807, 2.05) is 6.07 Å². The molecule has 2 heterocycles. The first-order valence-electron chi connectivity index (χ1n) is 7.08. The molecule has 0 fully saturated rings. The molecule has 0 saturated carbocycles. The molecule has 3 rings (SSSR count). The Morgan fingerprint density at radius 2 is 1.92 bits per heavy atom. The quantitative estimate of drug-likeness (QED) is 0.769. The zero-order valence-electron chi connectivity index (χ0n) is 12.3. The third-order valence-electron chi connectivity index (χ3n) is 3.65. The van der Waals surface area contributed by atoms with Gasteiger partial charge in [0.1, 0.15) is 5.75 Å². The first-order valence-corrected chi connectivity index (χ1v) is 7.08. The van der Waals surface area contributed by atoms with Crippen molar-refractivity contribution in [2.45, 2.75) is 12.7 Å². The predicted octanol–water partition coefficient (Wildman–Crippen LogP) is 3.62. The highest BCUT2D eigenvalue weighted by Crippen LogP contribution is 2.35. The monoisotopic (exact) mass is 334 g/mol. The van der Waals surface area contributed by atoms with E-state index in [0.717, 1.165) is 17.7 Å². The lowest BCUT2D eigenvalue weighted by Gasteiger charge is -2.11. The second kappa shape index (κ2) is 5.92.